The maximum atomic E-state index is 12.0. The van der Waals surface area contributed by atoms with Crippen molar-refractivity contribution in [1.29, 1.82) is 5.26 Å². The van der Waals surface area contributed by atoms with Crippen LogP contribution in [0.15, 0.2) is 24.3 Å². The van der Waals surface area contributed by atoms with E-state index in [1.54, 1.807) is 0 Å². The van der Waals surface area contributed by atoms with E-state index in [1.807, 2.05) is 30.3 Å². The second kappa shape index (κ2) is 5.46. The van der Waals surface area contributed by atoms with E-state index in [2.05, 4.69) is 10.6 Å². The van der Waals surface area contributed by atoms with E-state index < -0.39 is 0 Å². The highest BCUT2D eigenvalue weighted by Crippen LogP contribution is 2.23. The van der Waals surface area contributed by atoms with Gasteiger partial charge in [0, 0.05) is 19.6 Å². The van der Waals surface area contributed by atoms with Crippen LogP contribution in [-0.4, -0.2) is 19.0 Å². The van der Waals surface area contributed by atoms with E-state index in [-0.39, 0.29) is 11.8 Å². The zero-order chi connectivity index (χ0) is 12.1. The minimum atomic E-state index is -0.140. The molecule has 1 unspecified atom stereocenters. The van der Waals surface area contributed by atoms with E-state index in [9.17, 15) is 4.79 Å². The fourth-order valence-corrected chi connectivity index (χ4v) is 2.09. The average Bonchev–Trinajstić information content (AvgIpc) is 2.38. The molecule has 1 aromatic carbocycles. The summed E-state index contributed by atoms with van der Waals surface area (Å²) in [5.41, 5.74) is 2.28. The van der Waals surface area contributed by atoms with Gasteiger partial charge in [-0.1, -0.05) is 24.3 Å². The van der Waals surface area contributed by atoms with Gasteiger partial charge in [-0.05, 0) is 11.1 Å². The minimum absolute atomic E-state index is 0.0000926. The molecule has 0 fully saturated rings. The van der Waals surface area contributed by atoms with Crippen LogP contribution in [-0.2, 0) is 11.3 Å². The van der Waals surface area contributed by atoms with E-state index in [0.29, 0.717) is 19.5 Å². The third-order valence-electron chi connectivity index (χ3n) is 2.95. The Morgan fingerprint density at radius 1 is 1.53 bits per heavy atom. The van der Waals surface area contributed by atoms with Gasteiger partial charge in [-0.25, -0.2) is 0 Å². The quantitative estimate of drug-likeness (QED) is 0.757. The van der Waals surface area contributed by atoms with Gasteiger partial charge in [-0.15, -0.1) is 0 Å². The number of fused-ring (bicyclic) bond motifs is 1. The minimum Gasteiger partial charge on any atom is -0.354 e. The maximum absolute atomic E-state index is 12.0. The summed E-state index contributed by atoms with van der Waals surface area (Å²) >= 11 is 0. The first-order valence-corrected chi connectivity index (χ1v) is 5.76. The monoisotopic (exact) mass is 229 g/mol. The standard InChI is InChI=1S/C13H15N3O/c14-6-3-7-16-13(17)12-9-15-8-10-4-1-2-5-11(10)12/h1-2,4-5,12,15H,3,7-9H2,(H,16,17). The summed E-state index contributed by atoms with van der Waals surface area (Å²) < 4.78 is 0. The van der Waals surface area contributed by atoms with Crippen LogP contribution in [0.4, 0.5) is 0 Å². The van der Waals surface area contributed by atoms with E-state index in [1.165, 1.54) is 5.56 Å². The van der Waals surface area contributed by atoms with Crippen molar-refractivity contribution in [2.75, 3.05) is 13.1 Å². The molecule has 1 atom stereocenters. The van der Waals surface area contributed by atoms with Crippen molar-refractivity contribution in [2.45, 2.75) is 18.9 Å². The third-order valence-corrected chi connectivity index (χ3v) is 2.95. The first-order valence-electron chi connectivity index (χ1n) is 5.76. The Balaban J connectivity index is 2.08. The van der Waals surface area contributed by atoms with Crippen LogP contribution in [0.2, 0.25) is 0 Å². The van der Waals surface area contributed by atoms with Gasteiger partial charge in [0.25, 0.3) is 0 Å². The van der Waals surface area contributed by atoms with Crippen molar-refractivity contribution < 1.29 is 4.79 Å². The number of hydrogen-bond donors (Lipinski definition) is 2. The predicted molar refractivity (Wildman–Crippen MR) is 64.1 cm³/mol. The summed E-state index contributed by atoms with van der Waals surface area (Å²) in [5.74, 6) is -0.140. The Labute approximate surface area is 101 Å². The number of hydrogen-bond acceptors (Lipinski definition) is 3. The lowest BCUT2D eigenvalue weighted by molar-refractivity contribution is -0.122. The first kappa shape index (κ1) is 11.6. The van der Waals surface area contributed by atoms with Crippen molar-refractivity contribution in [1.82, 2.24) is 10.6 Å². The lowest BCUT2D eigenvalue weighted by Gasteiger charge is -2.25. The predicted octanol–water partition coefficient (Wildman–Crippen LogP) is 0.903. The summed E-state index contributed by atoms with van der Waals surface area (Å²) in [5, 5.41) is 14.5. The molecule has 2 N–H and O–H groups in total. The second-order valence-corrected chi connectivity index (χ2v) is 4.08. The number of nitrogens with one attached hydrogen (secondary N) is 2. The molecule has 0 aliphatic carbocycles. The Morgan fingerprint density at radius 2 is 2.35 bits per heavy atom. The van der Waals surface area contributed by atoms with Crippen LogP contribution in [0.1, 0.15) is 23.5 Å². The van der Waals surface area contributed by atoms with Gasteiger partial charge in [-0.3, -0.25) is 4.79 Å². The highest BCUT2D eigenvalue weighted by Gasteiger charge is 2.25. The largest absolute Gasteiger partial charge is 0.354 e. The molecule has 2 rings (SSSR count). The van der Waals surface area contributed by atoms with Gasteiger partial charge < -0.3 is 10.6 Å². The first-order chi connectivity index (χ1) is 8.33. The molecule has 0 spiro atoms. The van der Waals surface area contributed by atoms with Crippen molar-refractivity contribution >= 4 is 5.91 Å². The molecule has 0 radical (unpaired) electrons. The zero-order valence-electron chi connectivity index (χ0n) is 9.57. The van der Waals surface area contributed by atoms with Crippen LogP contribution >= 0.6 is 0 Å². The number of carbonyl (C=O) groups is 1. The van der Waals surface area contributed by atoms with Crippen molar-refractivity contribution in [2.24, 2.45) is 0 Å². The Hall–Kier alpha value is -1.86. The molecule has 0 saturated carbocycles. The normalized spacial score (nSPS) is 17.9. The number of rotatable bonds is 3. The number of benzene rings is 1. The fraction of sp³-hybridized carbons (Fsp3) is 0.385. The molecule has 4 heteroatoms. The number of nitriles is 1. The topological polar surface area (TPSA) is 64.9 Å². The van der Waals surface area contributed by atoms with Crippen LogP contribution in [0.25, 0.3) is 0 Å². The summed E-state index contributed by atoms with van der Waals surface area (Å²) in [6.45, 7) is 1.90. The van der Waals surface area contributed by atoms with Crippen molar-refractivity contribution in [3.63, 3.8) is 0 Å². The van der Waals surface area contributed by atoms with Crippen molar-refractivity contribution in [3.8, 4) is 6.07 Å². The summed E-state index contributed by atoms with van der Waals surface area (Å²) in [6.07, 6.45) is 0.355. The number of amides is 1. The van der Waals surface area contributed by atoms with Gasteiger partial charge >= 0.3 is 0 Å². The van der Waals surface area contributed by atoms with E-state index in [4.69, 9.17) is 5.26 Å². The molecule has 1 amide bonds. The molecule has 1 aromatic rings. The van der Waals surface area contributed by atoms with Crippen molar-refractivity contribution in [3.05, 3.63) is 35.4 Å². The summed E-state index contributed by atoms with van der Waals surface area (Å²) in [7, 11) is 0. The molecule has 1 heterocycles. The molecule has 1 aliphatic rings. The van der Waals surface area contributed by atoms with Gasteiger partial charge in [0.2, 0.25) is 5.91 Å². The Morgan fingerprint density at radius 3 is 3.18 bits per heavy atom. The van der Waals surface area contributed by atoms with Gasteiger partial charge in [0.15, 0.2) is 0 Å². The van der Waals surface area contributed by atoms with Crippen LogP contribution in [0, 0.1) is 11.3 Å². The molecule has 17 heavy (non-hydrogen) atoms. The highest BCUT2D eigenvalue weighted by atomic mass is 16.1. The lowest BCUT2D eigenvalue weighted by Crippen LogP contribution is -2.39. The molecule has 88 valence electrons. The molecule has 0 bridgehead atoms. The second-order valence-electron chi connectivity index (χ2n) is 4.08. The lowest BCUT2D eigenvalue weighted by atomic mass is 9.90. The third kappa shape index (κ3) is 2.63. The molecule has 4 nitrogen and oxygen atoms in total. The molecular formula is C13H15N3O. The molecule has 0 aromatic heterocycles. The van der Waals surface area contributed by atoms with Crippen LogP contribution < -0.4 is 10.6 Å². The number of nitrogens with zero attached hydrogens (tertiary/aromatic N) is 1. The molecular weight excluding hydrogens is 214 g/mol. The summed E-state index contributed by atoms with van der Waals surface area (Å²) in [4.78, 5) is 12.0. The van der Waals surface area contributed by atoms with Gasteiger partial charge in [0.1, 0.15) is 0 Å². The Bertz CT molecular complexity index is 450. The zero-order valence-corrected chi connectivity index (χ0v) is 9.57. The molecule has 0 saturated heterocycles. The number of carbonyl (C=O) groups excluding carboxylic acids is 1. The Kier molecular flexibility index (Phi) is 3.73. The fourth-order valence-electron chi connectivity index (χ4n) is 2.09. The smallest absolute Gasteiger partial charge is 0.228 e. The van der Waals surface area contributed by atoms with E-state index >= 15 is 0 Å². The highest BCUT2D eigenvalue weighted by molar-refractivity contribution is 5.84. The average molecular weight is 229 g/mol. The van der Waals surface area contributed by atoms with Crippen LogP contribution in [0.5, 0.6) is 0 Å². The maximum Gasteiger partial charge on any atom is 0.228 e. The van der Waals surface area contributed by atoms with Crippen LogP contribution in [0.3, 0.4) is 0 Å². The molecule has 1 aliphatic heterocycles. The van der Waals surface area contributed by atoms with E-state index in [0.717, 1.165) is 12.1 Å². The van der Waals surface area contributed by atoms with Gasteiger partial charge in [-0.2, -0.15) is 5.26 Å². The van der Waals surface area contributed by atoms with Gasteiger partial charge in [0.05, 0.1) is 18.4 Å². The SMILES string of the molecule is N#CCCNC(=O)C1CNCc2ccccc21. The summed E-state index contributed by atoms with van der Waals surface area (Å²) in [6, 6.07) is 10.00.